The lowest BCUT2D eigenvalue weighted by atomic mass is 10.3. The first-order chi connectivity index (χ1) is 13.1. The van der Waals surface area contributed by atoms with Gasteiger partial charge in [0.15, 0.2) is 9.50 Å². The topological polar surface area (TPSA) is 72.7 Å². The highest BCUT2D eigenvalue weighted by Gasteiger charge is 2.13. The van der Waals surface area contributed by atoms with Gasteiger partial charge in [0.05, 0.1) is 16.0 Å². The fourth-order valence-corrected chi connectivity index (χ4v) is 5.26. The van der Waals surface area contributed by atoms with E-state index in [1.54, 1.807) is 23.1 Å². The molecule has 1 aromatic carbocycles. The molecule has 0 aliphatic heterocycles. The molecule has 27 heavy (non-hydrogen) atoms. The van der Waals surface area contributed by atoms with Crippen molar-refractivity contribution < 1.29 is 4.79 Å². The molecule has 0 unspecified atom stereocenters. The Labute approximate surface area is 170 Å². The quantitative estimate of drug-likeness (QED) is 0.407. The molecule has 2 heterocycles. The van der Waals surface area contributed by atoms with Gasteiger partial charge in [-0.25, -0.2) is 4.98 Å². The van der Waals surface area contributed by atoms with Crippen molar-refractivity contribution in [3.05, 3.63) is 36.7 Å². The van der Waals surface area contributed by atoms with Crippen LogP contribution in [-0.4, -0.2) is 37.2 Å². The maximum atomic E-state index is 12.3. The Hall–Kier alpha value is -1.84. The van der Waals surface area contributed by atoms with Gasteiger partial charge in [0.1, 0.15) is 5.82 Å². The van der Waals surface area contributed by atoms with E-state index >= 15 is 0 Å². The van der Waals surface area contributed by atoms with Crippen molar-refractivity contribution in [3.8, 4) is 0 Å². The number of allylic oxidation sites excluding steroid dienone is 1. The first-order valence-electron chi connectivity index (χ1n) is 8.63. The lowest BCUT2D eigenvalue weighted by molar-refractivity contribution is -0.113. The highest BCUT2D eigenvalue weighted by Crippen LogP contribution is 2.31. The van der Waals surface area contributed by atoms with E-state index in [0.717, 1.165) is 43.4 Å². The van der Waals surface area contributed by atoms with Crippen molar-refractivity contribution in [1.29, 1.82) is 0 Å². The third kappa shape index (κ3) is 4.91. The van der Waals surface area contributed by atoms with Crippen LogP contribution >= 0.6 is 34.9 Å². The molecule has 0 saturated carbocycles. The molecule has 0 aliphatic rings. The second-order valence-electron chi connectivity index (χ2n) is 5.58. The van der Waals surface area contributed by atoms with Crippen LogP contribution in [0.2, 0.25) is 0 Å². The predicted octanol–water partition coefficient (Wildman–Crippen LogP) is 4.48. The van der Waals surface area contributed by atoms with Gasteiger partial charge < -0.3 is 9.88 Å². The Bertz CT molecular complexity index is 950. The Morgan fingerprint density at radius 1 is 1.33 bits per heavy atom. The van der Waals surface area contributed by atoms with E-state index in [2.05, 4.69) is 34.0 Å². The van der Waals surface area contributed by atoms with Crippen LogP contribution < -0.4 is 5.32 Å². The van der Waals surface area contributed by atoms with Gasteiger partial charge in [-0.2, -0.15) is 0 Å². The van der Waals surface area contributed by atoms with E-state index in [-0.39, 0.29) is 11.7 Å². The number of hydrogen-bond acceptors (Lipinski definition) is 7. The minimum Gasteiger partial charge on any atom is -0.325 e. The number of aromatic nitrogens is 4. The van der Waals surface area contributed by atoms with E-state index in [1.165, 1.54) is 11.8 Å². The van der Waals surface area contributed by atoms with E-state index in [4.69, 9.17) is 0 Å². The van der Waals surface area contributed by atoms with Crippen LogP contribution in [0, 0.1) is 0 Å². The minimum absolute atomic E-state index is 0.0711. The van der Waals surface area contributed by atoms with Gasteiger partial charge >= 0.3 is 0 Å². The Balaban J connectivity index is 1.63. The fraction of sp³-hybridized carbons (Fsp3) is 0.333. The van der Waals surface area contributed by atoms with Crippen molar-refractivity contribution in [1.82, 2.24) is 19.7 Å². The van der Waals surface area contributed by atoms with E-state index in [0.29, 0.717) is 6.54 Å². The zero-order valence-corrected chi connectivity index (χ0v) is 17.7. The highest BCUT2D eigenvalue weighted by molar-refractivity contribution is 8.01. The van der Waals surface area contributed by atoms with Crippen LogP contribution in [0.4, 0.5) is 5.69 Å². The SMILES string of the molecule is C=CCn1c(CC)nnc1SCC(=O)Nc1ccc2nc(SCC)sc2c1. The molecule has 1 N–H and O–H groups in total. The van der Waals surface area contributed by atoms with Gasteiger partial charge in [0.25, 0.3) is 0 Å². The monoisotopic (exact) mass is 419 g/mol. The molecule has 0 bridgehead atoms. The molecule has 0 saturated heterocycles. The van der Waals surface area contributed by atoms with Crippen molar-refractivity contribution in [2.75, 3.05) is 16.8 Å². The number of nitrogens with one attached hydrogen (secondary N) is 1. The molecule has 0 fully saturated rings. The number of aryl methyl sites for hydroxylation is 1. The molecule has 9 heteroatoms. The molecule has 3 aromatic rings. The Morgan fingerprint density at radius 2 is 2.19 bits per heavy atom. The number of nitrogens with zero attached hydrogens (tertiary/aromatic N) is 4. The third-order valence-electron chi connectivity index (χ3n) is 3.67. The zero-order valence-electron chi connectivity index (χ0n) is 15.3. The summed E-state index contributed by atoms with van der Waals surface area (Å²) in [5.74, 6) is 2.10. The number of amides is 1. The molecule has 0 aliphatic carbocycles. The van der Waals surface area contributed by atoms with Gasteiger partial charge in [0, 0.05) is 18.7 Å². The Kier molecular flexibility index (Phi) is 6.92. The summed E-state index contributed by atoms with van der Waals surface area (Å²) in [6.07, 6.45) is 2.60. The summed E-state index contributed by atoms with van der Waals surface area (Å²) >= 11 is 4.76. The zero-order chi connectivity index (χ0) is 19.2. The van der Waals surface area contributed by atoms with Gasteiger partial charge in [-0.3, -0.25) is 4.79 Å². The molecule has 6 nitrogen and oxygen atoms in total. The first kappa shape index (κ1) is 19.9. The maximum Gasteiger partial charge on any atom is 0.234 e. The van der Waals surface area contributed by atoms with Crippen LogP contribution in [0.15, 0.2) is 40.4 Å². The van der Waals surface area contributed by atoms with Gasteiger partial charge in [0.2, 0.25) is 5.91 Å². The molecular formula is C18H21N5OS3. The summed E-state index contributed by atoms with van der Waals surface area (Å²) in [6.45, 7) is 8.55. The number of carbonyl (C=O) groups is 1. The lowest BCUT2D eigenvalue weighted by Gasteiger charge is -2.07. The molecule has 0 radical (unpaired) electrons. The average molecular weight is 420 g/mol. The van der Waals surface area contributed by atoms with Crippen LogP contribution in [0.3, 0.4) is 0 Å². The largest absolute Gasteiger partial charge is 0.325 e. The summed E-state index contributed by atoms with van der Waals surface area (Å²) in [5, 5.41) is 12.0. The standard InChI is InChI=1S/C18H21N5OS3/c1-4-9-23-15(5-2)21-22-17(23)26-11-16(24)19-12-7-8-13-14(10-12)27-18(20-13)25-6-3/h4,7-8,10H,1,5-6,9,11H2,2-3H3,(H,19,24). The number of carbonyl (C=O) groups excluding carboxylic acids is 1. The minimum atomic E-state index is -0.0711. The van der Waals surface area contributed by atoms with E-state index < -0.39 is 0 Å². The number of benzene rings is 1. The van der Waals surface area contributed by atoms with E-state index in [1.807, 2.05) is 35.8 Å². The number of rotatable bonds is 9. The molecule has 0 atom stereocenters. The second kappa shape index (κ2) is 9.38. The molecule has 0 spiro atoms. The normalized spacial score (nSPS) is 11.0. The molecule has 3 rings (SSSR count). The third-order valence-corrected chi connectivity index (χ3v) is 6.68. The van der Waals surface area contributed by atoms with E-state index in [9.17, 15) is 4.79 Å². The van der Waals surface area contributed by atoms with Crippen LogP contribution in [0.1, 0.15) is 19.7 Å². The number of hydrogen-bond donors (Lipinski definition) is 1. The van der Waals surface area contributed by atoms with Crippen molar-refractivity contribution >= 4 is 56.7 Å². The van der Waals surface area contributed by atoms with Gasteiger partial charge in [-0.15, -0.1) is 28.1 Å². The number of thioether (sulfide) groups is 2. The fourth-order valence-electron chi connectivity index (χ4n) is 2.49. The summed E-state index contributed by atoms with van der Waals surface area (Å²) in [7, 11) is 0. The number of anilines is 1. The predicted molar refractivity (Wildman–Crippen MR) is 115 cm³/mol. The average Bonchev–Trinajstić information content (AvgIpc) is 3.23. The summed E-state index contributed by atoms with van der Waals surface area (Å²) in [6, 6.07) is 5.81. The molecular weight excluding hydrogens is 398 g/mol. The van der Waals surface area contributed by atoms with Crippen LogP contribution in [0.5, 0.6) is 0 Å². The van der Waals surface area contributed by atoms with Crippen molar-refractivity contribution in [2.45, 2.75) is 36.3 Å². The number of fused-ring (bicyclic) bond motifs is 1. The Morgan fingerprint density at radius 3 is 2.93 bits per heavy atom. The van der Waals surface area contributed by atoms with Crippen molar-refractivity contribution in [3.63, 3.8) is 0 Å². The molecule has 2 aromatic heterocycles. The van der Waals surface area contributed by atoms with Crippen LogP contribution in [0.25, 0.3) is 10.2 Å². The van der Waals surface area contributed by atoms with Crippen LogP contribution in [-0.2, 0) is 17.8 Å². The summed E-state index contributed by atoms with van der Waals surface area (Å²) < 4.78 is 4.12. The van der Waals surface area contributed by atoms with Crippen molar-refractivity contribution in [2.24, 2.45) is 0 Å². The molecule has 142 valence electrons. The summed E-state index contributed by atoms with van der Waals surface area (Å²) in [4.78, 5) is 16.9. The summed E-state index contributed by atoms with van der Waals surface area (Å²) in [5.41, 5.74) is 1.75. The van der Waals surface area contributed by atoms with Gasteiger partial charge in [-0.1, -0.05) is 43.4 Å². The first-order valence-corrected chi connectivity index (χ1v) is 11.4. The maximum absolute atomic E-state index is 12.3. The smallest absolute Gasteiger partial charge is 0.234 e. The number of thiazole rings is 1. The molecule has 1 amide bonds. The lowest BCUT2D eigenvalue weighted by Crippen LogP contribution is -2.14. The van der Waals surface area contributed by atoms with Gasteiger partial charge in [-0.05, 0) is 24.0 Å². The second-order valence-corrected chi connectivity index (χ2v) is 9.07. The highest BCUT2D eigenvalue weighted by atomic mass is 32.2.